The highest BCUT2D eigenvalue weighted by molar-refractivity contribution is 9.10. The number of carbonyl (C=O) groups is 1. The molecule has 0 amide bonds. The van der Waals surface area contributed by atoms with Crippen molar-refractivity contribution >= 4 is 45.4 Å². The molecule has 3 N–H and O–H groups in total. The second-order valence-electron chi connectivity index (χ2n) is 3.94. The minimum atomic E-state index is -1.06. The maximum Gasteiger partial charge on any atom is 0.341 e. The number of carboxylic acids is 1. The smallest absolute Gasteiger partial charge is 0.341 e. The van der Waals surface area contributed by atoms with Gasteiger partial charge in [-0.3, -0.25) is 5.43 Å². The molecule has 1 rings (SSSR count). The highest BCUT2D eigenvalue weighted by atomic mass is 79.9. The molecule has 0 saturated carbocycles. The van der Waals surface area contributed by atoms with E-state index < -0.39 is 12.6 Å². The Morgan fingerprint density at radius 1 is 1.50 bits per heavy atom. The molecule has 0 aliphatic carbocycles. The second-order valence-corrected chi connectivity index (χ2v) is 5.20. The third-order valence-electron chi connectivity index (χ3n) is 2.34. The summed E-state index contributed by atoms with van der Waals surface area (Å²) in [5.41, 5.74) is 3.38. The van der Waals surface area contributed by atoms with Crippen LogP contribution in [-0.2, 0) is 4.79 Å². The standard InChI is InChI=1S/C13H16BrN3O4S/c1-3-15-13(22)17-16-6-8-4-10(20-2)11(5-9(8)14)21-7-12(18)19/h4-6H,3,7H2,1-2H3,(H,18,19)(H2,15,17,22). The van der Waals surface area contributed by atoms with Gasteiger partial charge in [0.15, 0.2) is 23.2 Å². The first kappa shape index (κ1) is 18.2. The highest BCUT2D eigenvalue weighted by Crippen LogP contribution is 2.32. The molecule has 0 aliphatic rings. The molecule has 0 unspecified atom stereocenters. The predicted molar refractivity (Wildman–Crippen MR) is 90.8 cm³/mol. The van der Waals surface area contributed by atoms with Crippen LogP contribution < -0.4 is 20.2 Å². The number of ether oxygens (including phenoxy) is 2. The van der Waals surface area contributed by atoms with Crippen LogP contribution in [0.5, 0.6) is 11.5 Å². The summed E-state index contributed by atoms with van der Waals surface area (Å²) in [5.74, 6) is -0.338. The van der Waals surface area contributed by atoms with Crippen molar-refractivity contribution in [2.75, 3.05) is 20.3 Å². The molecule has 120 valence electrons. The van der Waals surface area contributed by atoms with Crippen molar-refractivity contribution in [3.8, 4) is 11.5 Å². The maximum absolute atomic E-state index is 10.6. The van der Waals surface area contributed by atoms with Gasteiger partial charge in [0.25, 0.3) is 0 Å². The van der Waals surface area contributed by atoms with Crippen LogP contribution in [0.25, 0.3) is 0 Å². The second kappa shape index (κ2) is 9.21. The van der Waals surface area contributed by atoms with Gasteiger partial charge in [0, 0.05) is 16.6 Å². The first-order valence-electron chi connectivity index (χ1n) is 6.27. The Morgan fingerprint density at radius 2 is 2.23 bits per heavy atom. The third kappa shape index (κ3) is 5.86. The van der Waals surface area contributed by atoms with Crippen LogP contribution in [-0.4, -0.2) is 42.7 Å². The van der Waals surface area contributed by atoms with Gasteiger partial charge >= 0.3 is 5.97 Å². The number of rotatable bonds is 7. The average molecular weight is 390 g/mol. The molecule has 0 aromatic heterocycles. The lowest BCUT2D eigenvalue weighted by Gasteiger charge is -2.11. The van der Waals surface area contributed by atoms with Crippen LogP contribution in [0.15, 0.2) is 21.7 Å². The quantitative estimate of drug-likeness (QED) is 0.371. The Balaban J connectivity index is 2.86. The van der Waals surface area contributed by atoms with E-state index in [1.807, 2.05) is 6.92 Å². The molecular weight excluding hydrogens is 374 g/mol. The molecule has 1 aromatic rings. The summed E-state index contributed by atoms with van der Waals surface area (Å²) in [4.78, 5) is 10.6. The van der Waals surface area contributed by atoms with Crippen LogP contribution in [0.2, 0.25) is 0 Å². The van der Waals surface area contributed by atoms with Gasteiger partial charge in [-0.1, -0.05) is 0 Å². The molecule has 7 nitrogen and oxygen atoms in total. The fourth-order valence-electron chi connectivity index (χ4n) is 1.42. The van der Waals surface area contributed by atoms with Crippen molar-refractivity contribution in [3.05, 3.63) is 22.2 Å². The number of methoxy groups -OCH3 is 1. The minimum absolute atomic E-state index is 0.324. The molecule has 9 heteroatoms. The average Bonchev–Trinajstić information content (AvgIpc) is 2.47. The van der Waals surface area contributed by atoms with Gasteiger partial charge in [0.05, 0.1) is 13.3 Å². The summed E-state index contributed by atoms with van der Waals surface area (Å²) < 4.78 is 11.0. The van der Waals surface area contributed by atoms with E-state index in [2.05, 4.69) is 31.8 Å². The number of nitrogens with one attached hydrogen (secondary N) is 2. The summed E-state index contributed by atoms with van der Waals surface area (Å²) >= 11 is 8.35. The summed E-state index contributed by atoms with van der Waals surface area (Å²) in [7, 11) is 1.47. The third-order valence-corrected chi connectivity index (χ3v) is 3.26. The lowest BCUT2D eigenvalue weighted by molar-refractivity contribution is -0.139. The zero-order chi connectivity index (χ0) is 16.5. The zero-order valence-corrected chi connectivity index (χ0v) is 14.5. The molecule has 1 aromatic carbocycles. The van der Waals surface area contributed by atoms with Crippen LogP contribution in [0.3, 0.4) is 0 Å². The molecule has 0 saturated heterocycles. The van der Waals surface area contributed by atoms with Crippen molar-refractivity contribution in [1.29, 1.82) is 0 Å². The van der Waals surface area contributed by atoms with E-state index in [0.717, 1.165) is 0 Å². The molecule has 0 radical (unpaired) electrons. The Kier molecular flexibility index (Phi) is 7.61. The zero-order valence-electron chi connectivity index (χ0n) is 12.1. The normalized spacial score (nSPS) is 10.3. The molecule has 0 bridgehead atoms. The summed E-state index contributed by atoms with van der Waals surface area (Å²) in [6.45, 7) is 2.18. The molecule has 0 atom stereocenters. The van der Waals surface area contributed by atoms with Gasteiger partial charge in [-0.2, -0.15) is 5.10 Å². The Morgan fingerprint density at radius 3 is 2.82 bits per heavy atom. The number of aliphatic carboxylic acids is 1. The highest BCUT2D eigenvalue weighted by Gasteiger charge is 2.10. The summed E-state index contributed by atoms with van der Waals surface area (Å²) in [6.07, 6.45) is 1.55. The first-order valence-corrected chi connectivity index (χ1v) is 7.47. The SMILES string of the molecule is CCNC(=S)NN=Cc1cc(OC)c(OCC(=O)O)cc1Br. The largest absolute Gasteiger partial charge is 0.493 e. The van der Waals surface area contributed by atoms with Crippen molar-refractivity contribution in [1.82, 2.24) is 10.7 Å². The van der Waals surface area contributed by atoms with Gasteiger partial charge in [0.2, 0.25) is 0 Å². The van der Waals surface area contributed by atoms with E-state index in [0.29, 0.717) is 33.2 Å². The van der Waals surface area contributed by atoms with E-state index in [-0.39, 0.29) is 0 Å². The maximum atomic E-state index is 10.6. The van der Waals surface area contributed by atoms with Gasteiger partial charge in [0.1, 0.15) is 0 Å². The van der Waals surface area contributed by atoms with E-state index in [1.165, 1.54) is 7.11 Å². The topological polar surface area (TPSA) is 92.2 Å². The van der Waals surface area contributed by atoms with Crippen LogP contribution in [0.4, 0.5) is 0 Å². The van der Waals surface area contributed by atoms with E-state index >= 15 is 0 Å². The van der Waals surface area contributed by atoms with Gasteiger partial charge in [-0.05, 0) is 47.2 Å². The number of halogens is 1. The fraction of sp³-hybridized carbons (Fsp3) is 0.308. The van der Waals surface area contributed by atoms with Crippen LogP contribution in [0, 0.1) is 0 Å². The summed E-state index contributed by atoms with van der Waals surface area (Å²) in [5, 5.41) is 16.0. The number of benzene rings is 1. The number of hydrogen-bond donors (Lipinski definition) is 3. The number of nitrogens with zero attached hydrogens (tertiary/aromatic N) is 1. The first-order chi connectivity index (χ1) is 10.5. The molecule has 0 fully saturated rings. The number of hydrazone groups is 1. The summed E-state index contributed by atoms with van der Waals surface area (Å²) in [6, 6.07) is 3.29. The van der Waals surface area contributed by atoms with Gasteiger partial charge < -0.3 is 19.9 Å². The van der Waals surface area contributed by atoms with E-state index in [4.69, 9.17) is 26.8 Å². The molecule has 22 heavy (non-hydrogen) atoms. The monoisotopic (exact) mass is 389 g/mol. The molecule has 0 spiro atoms. The van der Waals surface area contributed by atoms with E-state index in [9.17, 15) is 4.79 Å². The van der Waals surface area contributed by atoms with Gasteiger partial charge in [-0.25, -0.2) is 4.79 Å². The minimum Gasteiger partial charge on any atom is -0.493 e. The Bertz CT molecular complexity index is 581. The molecule has 0 aliphatic heterocycles. The van der Waals surface area contributed by atoms with Crippen molar-refractivity contribution in [3.63, 3.8) is 0 Å². The Hall–Kier alpha value is -1.87. The van der Waals surface area contributed by atoms with Crippen LogP contribution in [0.1, 0.15) is 12.5 Å². The fourth-order valence-corrected chi connectivity index (χ4v) is 2.04. The Labute approximate surface area is 141 Å². The molecular formula is C13H16BrN3O4S. The van der Waals surface area contributed by atoms with Crippen LogP contribution >= 0.6 is 28.1 Å². The van der Waals surface area contributed by atoms with Crippen molar-refractivity contribution in [2.24, 2.45) is 5.10 Å². The van der Waals surface area contributed by atoms with Gasteiger partial charge in [-0.15, -0.1) is 0 Å². The van der Waals surface area contributed by atoms with E-state index in [1.54, 1.807) is 18.3 Å². The molecule has 0 heterocycles. The lowest BCUT2D eigenvalue weighted by atomic mass is 10.2. The number of hydrogen-bond acceptors (Lipinski definition) is 5. The van der Waals surface area contributed by atoms with Crippen molar-refractivity contribution in [2.45, 2.75) is 6.92 Å². The number of carboxylic acid groups (broad SMARTS) is 1. The number of thiocarbonyl (C=S) groups is 1. The lowest BCUT2D eigenvalue weighted by Crippen LogP contribution is -2.31. The van der Waals surface area contributed by atoms with Crippen molar-refractivity contribution < 1.29 is 19.4 Å². The predicted octanol–water partition coefficient (Wildman–Crippen LogP) is 1.74.